The first-order chi connectivity index (χ1) is 6.79. The van der Waals surface area contributed by atoms with E-state index in [1.165, 1.54) is 0 Å². The molecule has 0 saturated carbocycles. The molecule has 1 aliphatic heterocycles. The monoisotopic (exact) mass is 244 g/mol. The molecule has 0 radical (unpaired) electrons. The van der Waals surface area contributed by atoms with E-state index in [9.17, 15) is 18.6 Å². The van der Waals surface area contributed by atoms with Crippen LogP contribution in [0.4, 0.5) is 0 Å². The standard InChI is InChI=1S/C6H12O8S/c7-1-3-5(9)6(10,15(11,12)13)4(2-8)14-3/h3-5,7-10H,1-2H2,(H,11,12,13)/t3-,4-,5-,6+/m1/s1. The minimum absolute atomic E-state index is 0.754. The zero-order valence-electron chi connectivity index (χ0n) is 7.52. The van der Waals surface area contributed by atoms with E-state index >= 15 is 0 Å². The van der Waals surface area contributed by atoms with Crippen LogP contribution in [0.2, 0.25) is 0 Å². The average molecular weight is 244 g/mol. The van der Waals surface area contributed by atoms with Gasteiger partial charge in [0.15, 0.2) is 0 Å². The van der Waals surface area contributed by atoms with E-state index in [2.05, 4.69) is 4.74 Å². The van der Waals surface area contributed by atoms with Crippen molar-refractivity contribution in [1.29, 1.82) is 0 Å². The molecule has 8 nitrogen and oxygen atoms in total. The largest absolute Gasteiger partial charge is 0.394 e. The fourth-order valence-electron chi connectivity index (χ4n) is 1.48. The van der Waals surface area contributed by atoms with Crippen LogP contribution in [-0.4, -0.2) is 69.9 Å². The topological polar surface area (TPSA) is 145 Å². The smallest absolute Gasteiger partial charge is 0.300 e. The van der Waals surface area contributed by atoms with Gasteiger partial charge in [-0.3, -0.25) is 4.55 Å². The van der Waals surface area contributed by atoms with Crippen molar-refractivity contribution in [2.75, 3.05) is 13.2 Å². The fraction of sp³-hybridized carbons (Fsp3) is 1.00. The Labute approximate surface area is 85.5 Å². The number of aliphatic hydroxyl groups is 4. The molecule has 4 atom stereocenters. The first-order valence-electron chi connectivity index (χ1n) is 4.03. The van der Waals surface area contributed by atoms with Gasteiger partial charge >= 0.3 is 10.1 Å². The third-order valence-corrected chi connectivity index (χ3v) is 3.67. The number of hydrogen-bond donors (Lipinski definition) is 5. The summed E-state index contributed by atoms with van der Waals surface area (Å²) in [6.07, 6.45) is -5.12. The lowest BCUT2D eigenvalue weighted by Gasteiger charge is -2.26. The normalized spacial score (nSPS) is 42.1. The molecule has 1 saturated heterocycles. The third kappa shape index (κ3) is 1.76. The quantitative estimate of drug-likeness (QED) is 0.324. The number of ether oxygens (including phenoxy) is 1. The number of hydrogen-bond acceptors (Lipinski definition) is 7. The second-order valence-corrected chi connectivity index (χ2v) is 4.80. The van der Waals surface area contributed by atoms with Gasteiger partial charge in [-0.1, -0.05) is 0 Å². The van der Waals surface area contributed by atoms with E-state index in [0.29, 0.717) is 0 Å². The highest BCUT2D eigenvalue weighted by Crippen LogP contribution is 2.34. The zero-order valence-corrected chi connectivity index (χ0v) is 8.33. The molecule has 0 aliphatic carbocycles. The Morgan fingerprint density at radius 3 is 2.07 bits per heavy atom. The maximum Gasteiger partial charge on any atom is 0.300 e. The minimum atomic E-state index is -5.05. The summed E-state index contributed by atoms with van der Waals surface area (Å²) in [4.78, 5) is -3.02. The molecule has 0 aromatic rings. The molecule has 15 heavy (non-hydrogen) atoms. The van der Waals surface area contributed by atoms with E-state index in [1.807, 2.05) is 0 Å². The number of rotatable bonds is 3. The summed E-state index contributed by atoms with van der Waals surface area (Å²) in [5, 5.41) is 36.4. The van der Waals surface area contributed by atoms with Crippen molar-refractivity contribution in [1.82, 2.24) is 0 Å². The van der Waals surface area contributed by atoms with Gasteiger partial charge < -0.3 is 25.2 Å². The molecule has 0 aromatic carbocycles. The third-order valence-electron chi connectivity index (χ3n) is 2.34. The molecule has 0 amide bonds. The Balaban J connectivity index is 3.15. The van der Waals surface area contributed by atoms with Crippen molar-refractivity contribution in [3.05, 3.63) is 0 Å². The van der Waals surface area contributed by atoms with Crippen molar-refractivity contribution in [2.45, 2.75) is 23.2 Å². The van der Waals surface area contributed by atoms with Crippen molar-refractivity contribution in [2.24, 2.45) is 0 Å². The molecule has 0 aromatic heterocycles. The van der Waals surface area contributed by atoms with Crippen LogP contribution in [-0.2, 0) is 14.9 Å². The highest BCUT2D eigenvalue weighted by atomic mass is 32.2. The highest BCUT2D eigenvalue weighted by molar-refractivity contribution is 7.87. The molecule has 1 heterocycles. The summed E-state index contributed by atoms with van der Waals surface area (Å²) in [5.41, 5.74) is 0. The minimum Gasteiger partial charge on any atom is -0.394 e. The predicted octanol–water partition coefficient (Wildman–Crippen LogP) is -3.32. The van der Waals surface area contributed by atoms with Gasteiger partial charge in [-0.15, -0.1) is 0 Å². The molecule has 90 valence electrons. The van der Waals surface area contributed by atoms with Gasteiger partial charge in [-0.05, 0) is 0 Å². The highest BCUT2D eigenvalue weighted by Gasteiger charge is 2.63. The van der Waals surface area contributed by atoms with Crippen molar-refractivity contribution in [3.63, 3.8) is 0 Å². The summed E-state index contributed by atoms with van der Waals surface area (Å²) in [6, 6.07) is 0. The summed E-state index contributed by atoms with van der Waals surface area (Å²) < 4.78 is 35.2. The van der Waals surface area contributed by atoms with E-state index in [-0.39, 0.29) is 0 Å². The average Bonchev–Trinajstić information content (AvgIpc) is 2.40. The molecule has 0 spiro atoms. The molecular formula is C6H12O8S. The fourth-order valence-corrected chi connectivity index (χ4v) is 2.39. The maximum atomic E-state index is 10.9. The van der Waals surface area contributed by atoms with Gasteiger partial charge in [0.05, 0.1) is 13.2 Å². The van der Waals surface area contributed by atoms with Gasteiger partial charge in [0, 0.05) is 0 Å². The van der Waals surface area contributed by atoms with Crippen LogP contribution in [0.3, 0.4) is 0 Å². The summed E-state index contributed by atoms with van der Waals surface area (Å²) in [6.45, 7) is -1.68. The Bertz CT molecular complexity index is 322. The second kappa shape index (κ2) is 3.94. The first-order valence-corrected chi connectivity index (χ1v) is 5.47. The van der Waals surface area contributed by atoms with Crippen LogP contribution < -0.4 is 0 Å². The zero-order chi connectivity index (χ0) is 11.9. The van der Waals surface area contributed by atoms with Crippen LogP contribution in [0.15, 0.2) is 0 Å². The molecule has 9 heteroatoms. The van der Waals surface area contributed by atoms with Gasteiger partial charge in [0.25, 0.3) is 0 Å². The molecule has 1 fully saturated rings. The van der Waals surface area contributed by atoms with E-state index in [1.54, 1.807) is 0 Å². The van der Waals surface area contributed by atoms with Gasteiger partial charge in [0.1, 0.15) is 18.3 Å². The van der Waals surface area contributed by atoms with Crippen LogP contribution in [0.25, 0.3) is 0 Å². The summed E-state index contributed by atoms with van der Waals surface area (Å²) in [7, 11) is -5.05. The maximum absolute atomic E-state index is 10.9. The van der Waals surface area contributed by atoms with Crippen molar-refractivity contribution in [3.8, 4) is 0 Å². The molecular weight excluding hydrogens is 232 g/mol. The SMILES string of the molecule is O=S(=O)(O)[C@]1(O)[C@H](O)[C@@H](CO)O[C@@H]1CO. The van der Waals surface area contributed by atoms with E-state index in [4.69, 9.17) is 14.8 Å². The molecule has 1 rings (SSSR count). The lowest BCUT2D eigenvalue weighted by Crippen LogP contribution is -2.55. The molecule has 1 aliphatic rings. The van der Waals surface area contributed by atoms with E-state index < -0.39 is 46.6 Å². The Kier molecular flexibility index (Phi) is 3.36. The lowest BCUT2D eigenvalue weighted by molar-refractivity contribution is -0.0489. The van der Waals surface area contributed by atoms with Crippen LogP contribution >= 0.6 is 0 Å². The molecule has 0 bridgehead atoms. The second-order valence-electron chi connectivity index (χ2n) is 3.20. The Morgan fingerprint density at radius 2 is 1.80 bits per heavy atom. The first kappa shape index (κ1) is 12.8. The van der Waals surface area contributed by atoms with Crippen LogP contribution in [0.1, 0.15) is 0 Å². The summed E-state index contributed by atoms with van der Waals surface area (Å²) in [5.74, 6) is 0. The molecule has 0 unspecified atom stereocenters. The molecule has 5 N–H and O–H groups in total. The van der Waals surface area contributed by atoms with Crippen LogP contribution in [0.5, 0.6) is 0 Å². The summed E-state index contributed by atoms with van der Waals surface area (Å²) >= 11 is 0. The van der Waals surface area contributed by atoms with Gasteiger partial charge in [0.2, 0.25) is 4.93 Å². The van der Waals surface area contributed by atoms with Crippen molar-refractivity contribution >= 4 is 10.1 Å². The Morgan fingerprint density at radius 1 is 1.27 bits per heavy atom. The predicted molar refractivity (Wildman–Crippen MR) is 45.3 cm³/mol. The Hall–Kier alpha value is -0.290. The lowest BCUT2D eigenvalue weighted by atomic mass is 10.1. The number of aliphatic hydroxyl groups excluding tert-OH is 3. The van der Waals surface area contributed by atoms with Crippen LogP contribution in [0, 0.1) is 0 Å². The van der Waals surface area contributed by atoms with Gasteiger partial charge in [-0.2, -0.15) is 8.42 Å². The van der Waals surface area contributed by atoms with Gasteiger partial charge in [-0.25, -0.2) is 0 Å². The van der Waals surface area contributed by atoms with E-state index in [0.717, 1.165) is 0 Å². The van der Waals surface area contributed by atoms with Crippen molar-refractivity contribution < 1.29 is 38.1 Å².